The third kappa shape index (κ3) is 2.82. The molecule has 0 aliphatic heterocycles. The highest BCUT2D eigenvalue weighted by Gasteiger charge is 2.27. The van der Waals surface area contributed by atoms with Crippen LogP contribution in [-0.4, -0.2) is 16.2 Å². The average Bonchev–Trinajstić information content (AvgIpc) is 2.27. The Kier molecular flexibility index (Phi) is 3.42. The largest absolute Gasteiger partial charge is 0.508 e. The molecule has 100 valence electrons. The van der Waals surface area contributed by atoms with Crippen LogP contribution >= 0.6 is 11.6 Å². The highest BCUT2D eigenvalue weighted by Crippen LogP contribution is 2.37. The second-order valence-corrected chi connectivity index (χ2v) is 5.75. The van der Waals surface area contributed by atoms with Gasteiger partial charge in [0.25, 0.3) is 0 Å². The quantitative estimate of drug-likeness (QED) is 0.894. The molecule has 0 heterocycles. The number of phenols is 1. The van der Waals surface area contributed by atoms with Crippen LogP contribution in [-0.2, 0) is 10.2 Å². The first-order chi connectivity index (χ1) is 8.79. The summed E-state index contributed by atoms with van der Waals surface area (Å²) in [6.07, 6.45) is -0.0490. The van der Waals surface area contributed by atoms with E-state index in [4.69, 9.17) is 16.7 Å². The van der Waals surface area contributed by atoms with Gasteiger partial charge in [-0.1, -0.05) is 31.5 Å². The summed E-state index contributed by atoms with van der Waals surface area (Å²) in [4.78, 5) is 10.9. The second-order valence-electron chi connectivity index (χ2n) is 5.32. The van der Waals surface area contributed by atoms with E-state index in [9.17, 15) is 9.90 Å². The van der Waals surface area contributed by atoms with Crippen LogP contribution in [0.25, 0.3) is 10.8 Å². The molecule has 2 N–H and O–H groups in total. The maximum absolute atomic E-state index is 10.9. The number of hydrogen-bond acceptors (Lipinski definition) is 2. The molecule has 0 aliphatic rings. The van der Waals surface area contributed by atoms with Crippen LogP contribution in [0.3, 0.4) is 0 Å². The molecule has 0 unspecified atom stereocenters. The average molecular weight is 279 g/mol. The van der Waals surface area contributed by atoms with E-state index < -0.39 is 11.4 Å². The minimum absolute atomic E-state index is 0.0490. The monoisotopic (exact) mass is 278 g/mol. The van der Waals surface area contributed by atoms with Gasteiger partial charge < -0.3 is 10.2 Å². The van der Waals surface area contributed by atoms with Crippen molar-refractivity contribution in [3.05, 3.63) is 40.9 Å². The number of hydrogen-bond donors (Lipinski definition) is 2. The van der Waals surface area contributed by atoms with Crippen LogP contribution < -0.4 is 0 Å². The lowest BCUT2D eigenvalue weighted by molar-refractivity contribution is -0.138. The van der Waals surface area contributed by atoms with Crippen LogP contribution in [0, 0.1) is 0 Å². The first kappa shape index (κ1) is 13.7. The molecular weight excluding hydrogens is 264 g/mol. The van der Waals surface area contributed by atoms with E-state index in [0.717, 1.165) is 10.8 Å². The zero-order chi connectivity index (χ0) is 14.2. The topological polar surface area (TPSA) is 57.5 Å². The number of fused-ring (bicyclic) bond motifs is 1. The summed E-state index contributed by atoms with van der Waals surface area (Å²) in [6.45, 7) is 3.60. The number of carboxylic acid groups (broad SMARTS) is 1. The molecule has 0 spiro atoms. The van der Waals surface area contributed by atoms with Crippen LogP contribution in [0.15, 0.2) is 30.3 Å². The molecule has 0 aliphatic carbocycles. The van der Waals surface area contributed by atoms with E-state index in [1.165, 1.54) is 0 Å². The molecule has 0 amide bonds. The van der Waals surface area contributed by atoms with Crippen molar-refractivity contribution in [1.82, 2.24) is 0 Å². The predicted octanol–water partition coefficient (Wildman–Crippen LogP) is 3.95. The molecule has 0 saturated carbocycles. The first-order valence-electron chi connectivity index (χ1n) is 5.94. The van der Waals surface area contributed by atoms with E-state index in [1.807, 2.05) is 6.07 Å². The SMILES string of the molecule is CC(C)(CC(=O)O)c1cc2cc(Cl)ccc2cc1O. The van der Waals surface area contributed by atoms with E-state index in [-0.39, 0.29) is 12.2 Å². The molecule has 2 rings (SSSR count). The standard InChI is InChI=1S/C15H15ClO3/c1-15(2,8-14(18)19)12-6-10-5-11(16)4-3-9(10)7-13(12)17/h3-7,17H,8H2,1-2H3,(H,18,19). The van der Waals surface area contributed by atoms with Crippen molar-refractivity contribution in [2.45, 2.75) is 25.7 Å². The molecule has 19 heavy (non-hydrogen) atoms. The highest BCUT2D eigenvalue weighted by atomic mass is 35.5. The number of carboxylic acids is 1. The van der Waals surface area contributed by atoms with Crippen LogP contribution in [0.1, 0.15) is 25.8 Å². The van der Waals surface area contributed by atoms with Crippen LogP contribution in [0.5, 0.6) is 5.75 Å². The van der Waals surface area contributed by atoms with Crippen molar-refractivity contribution in [3.63, 3.8) is 0 Å². The van der Waals surface area contributed by atoms with Crippen LogP contribution in [0.2, 0.25) is 5.02 Å². The molecule has 4 heteroatoms. The van der Waals surface area contributed by atoms with Gasteiger partial charge in [-0.25, -0.2) is 0 Å². The highest BCUT2D eigenvalue weighted by molar-refractivity contribution is 6.31. The second kappa shape index (κ2) is 4.74. The Bertz CT molecular complexity index is 647. The molecule has 0 saturated heterocycles. The maximum atomic E-state index is 10.9. The third-order valence-corrected chi connectivity index (χ3v) is 3.47. The van der Waals surface area contributed by atoms with Gasteiger partial charge in [-0.3, -0.25) is 4.79 Å². The Balaban J connectivity index is 2.60. The summed E-state index contributed by atoms with van der Waals surface area (Å²) in [7, 11) is 0. The van der Waals surface area contributed by atoms with Crippen molar-refractivity contribution in [1.29, 1.82) is 0 Å². The molecule has 0 fully saturated rings. The molecule has 3 nitrogen and oxygen atoms in total. The maximum Gasteiger partial charge on any atom is 0.304 e. The van der Waals surface area contributed by atoms with Gasteiger partial charge in [-0.05, 0) is 35.0 Å². The van der Waals surface area contributed by atoms with Crippen molar-refractivity contribution < 1.29 is 15.0 Å². The van der Waals surface area contributed by atoms with Gasteiger partial charge >= 0.3 is 5.97 Å². The number of benzene rings is 2. The lowest BCUT2D eigenvalue weighted by Gasteiger charge is -2.24. The molecule has 2 aromatic rings. The summed E-state index contributed by atoms with van der Waals surface area (Å²) in [5, 5.41) is 21.4. The number of rotatable bonds is 3. The third-order valence-electron chi connectivity index (χ3n) is 3.24. The molecule has 0 atom stereocenters. The van der Waals surface area contributed by atoms with Gasteiger partial charge in [0, 0.05) is 16.0 Å². The fourth-order valence-corrected chi connectivity index (χ4v) is 2.45. The van der Waals surface area contributed by atoms with E-state index >= 15 is 0 Å². The summed E-state index contributed by atoms with van der Waals surface area (Å²) in [5.41, 5.74) is -0.0310. The van der Waals surface area contributed by atoms with Gasteiger partial charge in [0.1, 0.15) is 5.75 Å². The summed E-state index contributed by atoms with van der Waals surface area (Å²) in [5.74, 6) is -0.781. The van der Waals surface area contributed by atoms with Crippen molar-refractivity contribution >= 4 is 28.3 Å². The smallest absolute Gasteiger partial charge is 0.304 e. The van der Waals surface area contributed by atoms with Gasteiger partial charge in [-0.15, -0.1) is 0 Å². The Morgan fingerprint density at radius 3 is 2.53 bits per heavy atom. The Morgan fingerprint density at radius 1 is 1.21 bits per heavy atom. The zero-order valence-electron chi connectivity index (χ0n) is 10.8. The van der Waals surface area contributed by atoms with Crippen molar-refractivity contribution in [2.24, 2.45) is 0 Å². The predicted molar refractivity (Wildman–Crippen MR) is 75.9 cm³/mol. The normalized spacial score (nSPS) is 11.7. The van der Waals surface area contributed by atoms with Gasteiger partial charge in [0.15, 0.2) is 0 Å². The summed E-state index contributed by atoms with van der Waals surface area (Å²) < 4.78 is 0. The fraction of sp³-hybridized carbons (Fsp3) is 0.267. The number of carbonyl (C=O) groups is 1. The Labute approximate surface area is 116 Å². The zero-order valence-corrected chi connectivity index (χ0v) is 11.5. The fourth-order valence-electron chi connectivity index (χ4n) is 2.27. The molecule has 0 radical (unpaired) electrons. The van der Waals surface area contributed by atoms with Crippen molar-refractivity contribution in [2.75, 3.05) is 0 Å². The molecular formula is C15H15ClO3. The Morgan fingerprint density at radius 2 is 1.89 bits per heavy atom. The molecule has 0 aromatic heterocycles. The van der Waals surface area contributed by atoms with Crippen molar-refractivity contribution in [3.8, 4) is 5.75 Å². The number of halogens is 1. The van der Waals surface area contributed by atoms with Gasteiger partial charge in [0.05, 0.1) is 6.42 Å². The van der Waals surface area contributed by atoms with E-state index in [0.29, 0.717) is 10.6 Å². The van der Waals surface area contributed by atoms with Gasteiger partial charge in [0.2, 0.25) is 0 Å². The number of aliphatic carboxylic acids is 1. The first-order valence-corrected chi connectivity index (χ1v) is 6.32. The minimum atomic E-state index is -0.893. The summed E-state index contributed by atoms with van der Waals surface area (Å²) in [6, 6.07) is 8.83. The van der Waals surface area contributed by atoms with Gasteiger partial charge in [-0.2, -0.15) is 0 Å². The lowest BCUT2D eigenvalue weighted by Crippen LogP contribution is -2.21. The molecule has 0 bridgehead atoms. The molecule has 2 aromatic carbocycles. The summed E-state index contributed by atoms with van der Waals surface area (Å²) >= 11 is 5.95. The lowest BCUT2D eigenvalue weighted by atomic mass is 9.80. The number of phenolic OH excluding ortho intramolecular Hbond substituents is 1. The van der Waals surface area contributed by atoms with E-state index in [1.54, 1.807) is 38.1 Å². The number of aromatic hydroxyl groups is 1. The Hall–Kier alpha value is -1.74. The minimum Gasteiger partial charge on any atom is -0.508 e. The van der Waals surface area contributed by atoms with E-state index in [2.05, 4.69) is 0 Å². The van der Waals surface area contributed by atoms with Crippen LogP contribution in [0.4, 0.5) is 0 Å².